The van der Waals surface area contributed by atoms with Gasteiger partial charge in [0.05, 0.1) is 5.69 Å². The number of rotatable bonds is 2. The van der Waals surface area contributed by atoms with Crippen molar-refractivity contribution in [3.63, 3.8) is 0 Å². The average molecular weight is 293 g/mol. The van der Waals surface area contributed by atoms with Crippen LogP contribution in [0.3, 0.4) is 0 Å². The summed E-state index contributed by atoms with van der Waals surface area (Å²) in [5.41, 5.74) is 4.75. The van der Waals surface area contributed by atoms with Gasteiger partial charge >= 0.3 is 0 Å². The number of benzene rings is 1. The Morgan fingerprint density at radius 2 is 2.05 bits per heavy atom. The standard InChI is InChI=1S/C17H19N5/c1-11-3-6-13(7-4-11)20-16-14-8-5-12(2)9-15(14)21-17-18-10-19-22(16)17/h3-4,6-7,10,12,20H,5,8-9H2,1-2H3/t12-/m0/s1. The first-order valence-electron chi connectivity index (χ1n) is 7.76. The topological polar surface area (TPSA) is 55.1 Å². The molecule has 0 fully saturated rings. The number of nitrogens with one attached hydrogen (secondary N) is 1. The van der Waals surface area contributed by atoms with Gasteiger partial charge in [-0.25, -0.2) is 4.98 Å². The van der Waals surface area contributed by atoms with Crippen LogP contribution in [0.1, 0.15) is 30.2 Å². The molecule has 0 saturated heterocycles. The minimum atomic E-state index is 0.669. The second-order valence-corrected chi connectivity index (χ2v) is 6.20. The Morgan fingerprint density at radius 3 is 2.86 bits per heavy atom. The fraction of sp³-hybridized carbons (Fsp3) is 0.353. The molecule has 0 aliphatic heterocycles. The van der Waals surface area contributed by atoms with Crippen molar-refractivity contribution in [3.05, 3.63) is 47.4 Å². The second-order valence-electron chi connectivity index (χ2n) is 6.20. The zero-order chi connectivity index (χ0) is 15.1. The quantitative estimate of drug-likeness (QED) is 0.787. The molecule has 2 aromatic heterocycles. The zero-order valence-electron chi connectivity index (χ0n) is 12.9. The van der Waals surface area contributed by atoms with Gasteiger partial charge in [0.25, 0.3) is 5.78 Å². The van der Waals surface area contributed by atoms with Crippen molar-refractivity contribution < 1.29 is 0 Å². The van der Waals surface area contributed by atoms with Gasteiger partial charge in [0.15, 0.2) is 0 Å². The first-order chi connectivity index (χ1) is 10.7. The van der Waals surface area contributed by atoms with E-state index < -0.39 is 0 Å². The molecule has 0 saturated carbocycles. The van der Waals surface area contributed by atoms with E-state index in [1.54, 1.807) is 6.33 Å². The number of hydrogen-bond donors (Lipinski definition) is 1. The van der Waals surface area contributed by atoms with Gasteiger partial charge in [-0.15, -0.1) is 0 Å². The summed E-state index contributed by atoms with van der Waals surface area (Å²) in [6.45, 7) is 4.38. The van der Waals surface area contributed by atoms with Gasteiger partial charge in [0.1, 0.15) is 12.1 Å². The maximum Gasteiger partial charge on any atom is 0.254 e. The number of fused-ring (bicyclic) bond motifs is 2. The van der Waals surface area contributed by atoms with E-state index in [1.165, 1.54) is 17.5 Å². The van der Waals surface area contributed by atoms with Crippen molar-refractivity contribution in [2.45, 2.75) is 33.1 Å². The van der Waals surface area contributed by atoms with Gasteiger partial charge in [-0.05, 0) is 44.2 Å². The smallest absolute Gasteiger partial charge is 0.254 e. The van der Waals surface area contributed by atoms with Gasteiger partial charge in [0, 0.05) is 11.3 Å². The zero-order valence-corrected chi connectivity index (χ0v) is 12.9. The van der Waals surface area contributed by atoms with E-state index in [1.807, 2.05) is 4.52 Å². The Kier molecular flexibility index (Phi) is 3.06. The van der Waals surface area contributed by atoms with Gasteiger partial charge < -0.3 is 5.32 Å². The molecular formula is C17H19N5. The molecule has 0 spiro atoms. The van der Waals surface area contributed by atoms with E-state index >= 15 is 0 Å². The van der Waals surface area contributed by atoms with Crippen LogP contribution >= 0.6 is 0 Å². The molecule has 0 bridgehead atoms. The van der Waals surface area contributed by atoms with E-state index in [-0.39, 0.29) is 0 Å². The average Bonchev–Trinajstić information content (AvgIpc) is 2.97. The Morgan fingerprint density at radius 1 is 1.23 bits per heavy atom. The summed E-state index contributed by atoms with van der Waals surface area (Å²) in [7, 11) is 0. The van der Waals surface area contributed by atoms with Crippen LogP contribution < -0.4 is 5.32 Å². The monoisotopic (exact) mass is 293 g/mol. The molecule has 22 heavy (non-hydrogen) atoms. The van der Waals surface area contributed by atoms with Crippen LogP contribution in [0, 0.1) is 12.8 Å². The molecule has 3 aromatic rings. The largest absolute Gasteiger partial charge is 0.340 e. The summed E-state index contributed by atoms with van der Waals surface area (Å²) < 4.78 is 1.81. The minimum absolute atomic E-state index is 0.669. The number of nitrogens with zero attached hydrogens (tertiary/aromatic N) is 4. The summed E-state index contributed by atoms with van der Waals surface area (Å²) in [6.07, 6.45) is 4.81. The molecule has 0 radical (unpaired) electrons. The Bertz CT molecular complexity index is 819. The summed E-state index contributed by atoms with van der Waals surface area (Å²) in [4.78, 5) is 8.96. The van der Waals surface area contributed by atoms with Crippen molar-refractivity contribution in [1.82, 2.24) is 19.6 Å². The van der Waals surface area contributed by atoms with Crippen LogP contribution in [-0.2, 0) is 12.8 Å². The fourth-order valence-electron chi connectivity index (χ4n) is 3.08. The molecule has 5 heteroatoms. The summed E-state index contributed by atoms with van der Waals surface area (Å²) in [5.74, 6) is 2.35. The molecular weight excluding hydrogens is 274 g/mol. The van der Waals surface area contributed by atoms with Crippen molar-refractivity contribution in [3.8, 4) is 0 Å². The maximum atomic E-state index is 4.69. The predicted octanol–water partition coefficient (Wildman–Crippen LogP) is 3.30. The van der Waals surface area contributed by atoms with Crippen LogP contribution in [0.2, 0.25) is 0 Å². The van der Waals surface area contributed by atoms with E-state index in [9.17, 15) is 0 Å². The molecule has 5 nitrogen and oxygen atoms in total. The minimum Gasteiger partial charge on any atom is -0.340 e. The van der Waals surface area contributed by atoms with Gasteiger partial charge in [-0.2, -0.15) is 14.6 Å². The fourth-order valence-corrected chi connectivity index (χ4v) is 3.08. The molecule has 1 aliphatic carbocycles. The van der Waals surface area contributed by atoms with Crippen LogP contribution in [0.4, 0.5) is 11.5 Å². The van der Waals surface area contributed by atoms with Crippen LogP contribution in [0.15, 0.2) is 30.6 Å². The highest BCUT2D eigenvalue weighted by Gasteiger charge is 2.23. The Labute approximate surface area is 129 Å². The first-order valence-corrected chi connectivity index (χ1v) is 7.76. The third-order valence-electron chi connectivity index (χ3n) is 4.35. The van der Waals surface area contributed by atoms with E-state index in [2.05, 4.69) is 53.5 Å². The van der Waals surface area contributed by atoms with Gasteiger partial charge in [-0.1, -0.05) is 24.6 Å². The molecule has 1 N–H and O–H groups in total. The molecule has 1 aromatic carbocycles. The van der Waals surface area contributed by atoms with Crippen LogP contribution in [0.5, 0.6) is 0 Å². The van der Waals surface area contributed by atoms with Crippen molar-refractivity contribution in [2.24, 2.45) is 5.92 Å². The molecule has 0 amide bonds. The highest BCUT2D eigenvalue weighted by atomic mass is 15.4. The third-order valence-corrected chi connectivity index (χ3v) is 4.35. The maximum absolute atomic E-state index is 4.69. The molecule has 1 atom stereocenters. The van der Waals surface area contributed by atoms with Crippen molar-refractivity contribution in [2.75, 3.05) is 5.32 Å². The van der Waals surface area contributed by atoms with E-state index in [0.717, 1.165) is 30.0 Å². The lowest BCUT2D eigenvalue weighted by atomic mass is 9.88. The highest BCUT2D eigenvalue weighted by Crippen LogP contribution is 2.31. The summed E-state index contributed by atoms with van der Waals surface area (Å²) in [5, 5.41) is 7.86. The SMILES string of the molecule is Cc1ccc(Nc2c3c(nc4ncnn24)C[C@@H](C)CC3)cc1. The number of aromatic nitrogens is 4. The van der Waals surface area contributed by atoms with Crippen molar-refractivity contribution >= 4 is 17.3 Å². The molecule has 0 unspecified atom stereocenters. The van der Waals surface area contributed by atoms with E-state index in [4.69, 9.17) is 4.98 Å². The normalized spacial score (nSPS) is 17.5. The predicted molar refractivity (Wildman–Crippen MR) is 86.4 cm³/mol. The number of aryl methyl sites for hydroxylation is 1. The van der Waals surface area contributed by atoms with Crippen molar-refractivity contribution in [1.29, 1.82) is 0 Å². The third kappa shape index (κ3) is 2.22. The summed E-state index contributed by atoms with van der Waals surface area (Å²) >= 11 is 0. The lowest BCUT2D eigenvalue weighted by molar-refractivity contribution is 0.491. The van der Waals surface area contributed by atoms with Crippen LogP contribution in [0.25, 0.3) is 5.78 Å². The first kappa shape index (κ1) is 13.2. The lowest BCUT2D eigenvalue weighted by Gasteiger charge is -2.23. The Hall–Kier alpha value is -2.43. The number of hydrogen-bond acceptors (Lipinski definition) is 4. The second kappa shape index (κ2) is 5.09. The van der Waals surface area contributed by atoms with E-state index in [0.29, 0.717) is 11.7 Å². The summed E-state index contributed by atoms with van der Waals surface area (Å²) in [6, 6.07) is 8.40. The molecule has 2 heterocycles. The highest BCUT2D eigenvalue weighted by molar-refractivity contribution is 5.63. The van der Waals surface area contributed by atoms with Crippen LogP contribution in [-0.4, -0.2) is 19.6 Å². The van der Waals surface area contributed by atoms with Gasteiger partial charge in [-0.3, -0.25) is 0 Å². The molecule has 1 aliphatic rings. The van der Waals surface area contributed by atoms with Gasteiger partial charge in [0.2, 0.25) is 0 Å². The molecule has 4 rings (SSSR count). The lowest BCUT2D eigenvalue weighted by Crippen LogP contribution is -2.18. The molecule has 112 valence electrons. The number of anilines is 2. The Balaban J connectivity index is 1.84.